The van der Waals surface area contributed by atoms with Gasteiger partial charge in [-0.05, 0) is 36.8 Å². The van der Waals surface area contributed by atoms with Crippen molar-refractivity contribution < 1.29 is 13.9 Å². The van der Waals surface area contributed by atoms with E-state index in [0.29, 0.717) is 18.0 Å². The fourth-order valence-electron chi connectivity index (χ4n) is 1.91. The lowest BCUT2D eigenvalue weighted by atomic mass is 10.0. The Morgan fingerprint density at radius 1 is 1.22 bits per heavy atom. The molecule has 2 atom stereocenters. The second-order valence-corrected chi connectivity index (χ2v) is 5.58. The van der Waals surface area contributed by atoms with E-state index in [2.05, 4.69) is 5.32 Å². The van der Waals surface area contributed by atoms with Crippen LogP contribution in [0.4, 0.5) is 10.1 Å². The Balaban J connectivity index is 1.96. The third-order valence-electron chi connectivity index (χ3n) is 3.62. The predicted octanol–water partition coefficient (Wildman–Crippen LogP) is 3.33. The molecule has 0 aromatic heterocycles. The van der Waals surface area contributed by atoms with E-state index in [9.17, 15) is 9.18 Å². The summed E-state index contributed by atoms with van der Waals surface area (Å²) in [5.74, 6) is -0.0586. The summed E-state index contributed by atoms with van der Waals surface area (Å²) in [4.78, 5) is 12.0. The Labute approximate surface area is 135 Å². The number of halogens is 1. The lowest BCUT2D eigenvalue weighted by Gasteiger charge is -2.16. The van der Waals surface area contributed by atoms with Gasteiger partial charge in [-0.15, -0.1) is 0 Å². The fourth-order valence-corrected chi connectivity index (χ4v) is 1.91. The quantitative estimate of drug-likeness (QED) is 0.859. The van der Waals surface area contributed by atoms with Crippen LogP contribution in [0.15, 0.2) is 48.5 Å². The van der Waals surface area contributed by atoms with Gasteiger partial charge in [0, 0.05) is 17.8 Å². The Hall–Kier alpha value is -2.40. The second-order valence-electron chi connectivity index (χ2n) is 5.58. The zero-order valence-corrected chi connectivity index (χ0v) is 13.3. The van der Waals surface area contributed by atoms with Crippen molar-refractivity contribution in [2.24, 2.45) is 11.7 Å². The summed E-state index contributed by atoms with van der Waals surface area (Å²) < 4.78 is 18.5. The van der Waals surface area contributed by atoms with E-state index in [1.54, 1.807) is 50.2 Å². The van der Waals surface area contributed by atoms with Crippen LogP contribution < -0.4 is 15.8 Å². The molecule has 2 unspecified atom stereocenters. The summed E-state index contributed by atoms with van der Waals surface area (Å²) in [6.07, 6.45) is 0. The van der Waals surface area contributed by atoms with Gasteiger partial charge in [-0.1, -0.05) is 25.1 Å². The number of nitrogens with one attached hydrogen (secondary N) is 1. The van der Waals surface area contributed by atoms with Crippen LogP contribution in [-0.4, -0.2) is 11.9 Å². The van der Waals surface area contributed by atoms with E-state index in [4.69, 9.17) is 10.5 Å². The van der Waals surface area contributed by atoms with E-state index in [-0.39, 0.29) is 23.7 Å². The molecule has 5 heteroatoms. The highest BCUT2D eigenvalue weighted by molar-refractivity contribution is 5.92. The van der Waals surface area contributed by atoms with Crippen molar-refractivity contribution in [2.75, 3.05) is 5.32 Å². The standard InChI is InChI=1S/C18H21FN2O2/c1-12(13(2)20)18(22)21-16-4-3-5-17(10-16)23-11-14-6-8-15(19)9-7-14/h3-10,12-13H,11,20H2,1-2H3,(H,21,22). The van der Waals surface area contributed by atoms with Gasteiger partial charge in [0.1, 0.15) is 18.2 Å². The van der Waals surface area contributed by atoms with Crippen molar-refractivity contribution in [2.45, 2.75) is 26.5 Å². The van der Waals surface area contributed by atoms with Gasteiger partial charge in [-0.3, -0.25) is 4.79 Å². The minimum absolute atomic E-state index is 0.129. The maximum Gasteiger partial charge on any atom is 0.228 e. The van der Waals surface area contributed by atoms with Crippen LogP contribution in [0, 0.1) is 11.7 Å². The molecule has 23 heavy (non-hydrogen) atoms. The first-order valence-electron chi connectivity index (χ1n) is 7.49. The van der Waals surface area contributed by atoms with Gasteiger partial charge in [-0.25, -0.2) is 4.39 Å². The monoisotopic (exact) mass is 316 g/mol. The van der Waals surface area contributed by atoms with Crippen LogP contribution in [0.1, 0.15) is 19.4 Å². The first kappa shape index (κ1) is 17.0. The smallest absolute Gasteiger partial charge is 0.228 e. The molecular weight excluding hydrogens is 295 g/mol. The third-order valence-corrected chi connectivity index (χ3v) is 3.62. The van der Waals surface area contributed by atoms with Gasteiger partial charge in [0.05, 0.1) is 5.92 Å². The molecule has 0 aliphatic heterocycles. The average Bonchev–Trinajstić information content (AvgIpc) is 2.54. The third kappa shape index (κ3) is 5.07. The summed E-state index contributed by atoms with van der Waals surface area (Å²) in [7, 11) is 0. The number of hydrogen-bond donors (Lipinski definition) is 2. The van der Waals surface area contributed by atoms with Crippen LogP contribution in [0.3, 0.4) is 0 Å². The molecule has 0 fully saturated rings. The van der Waals surface area contributed by atoms with Gasteiger partial charge in [0.2, 0.25) is 5.91 Å². The van der Waals surface area contributed by atoms with E-state index in [1.165, 1.54) is 12.1 Å². The van der Waals surface area contributed by atoms with Crippen molar-refractivity contribution >= 4 is 11.6 Å². The minimum Gasteiger partial charge on any atom is -0.489 e. The first-order valence-corrected chi connectivity index (χ1v) is 7.49. The maximum atomic E-state index is 12.9. The number of amides is 1. The molecule has 3 N–H and O–H groups in total. The normalized spacial score (nSPS) is 13.2. The molecule has 0 aliphatic rings. The van der Waals surface area contributed by atoms with Crippen molar-refractivity contribution in [3.8, 4) is 5.75 Å². The predicted molar refractivity (Wildman–Crippen MR) is 88.6 cm³/mol. The number of carbonyl (C=O) groups excluding carboxylic acids is 1. The minimum atomic E-state index is -0.279. The number of benzene rings is 2. The lowest BCUT2D eigenvalue weighted by molar-refractivity contribution is -0.119. The van der Waals surface area contributed by atoms with Gasteiger partial charge in [0.25, 0.3) is 0 Å². The molecule has 0 saturated carbocycles. The molecule has 1 amide bonds. The van der Waals surface area contributed by atoms with Crippen molar-refractivity contribution in [1.29, 1.82) is 0 Å². The maximum absolute atomic E-state index is 12.9. The van der Waals surface area contributed by atoms with E-state index in [1.807, 2.05) is 0 Å². The number of rotatable bonds is 6. The van der Waals surface area contributed by atoms with Crippen molar-refractivity contribution in [1.82, 2.24) is 0 Å². The Morgan fingerprint density at radius 2 is 1.91 bits per heavy atom. The molecular formula is C18H21FN2O2. The van der Waals surface area contributed by atoms with Gasteiger partial charge in [-0.2, -0.15) is 0 Å². The largest absolute Gasteiger partial charge is 0.489 e. The highest BCUT2D eigenvalue weighted by atomic mass is 19.1. The van der Waals surface area contributed by atoms with Gasteiger partial charge < -0.3 is 15.8 Å². The summed E-state index contributed by atoms with van der Waals surface area (Å²) >= 11 is 0. The van der Waals surface area contributed by atoms with E-state index >= 15 is 0 Å². The SMILES string of the molecule is CC(N)C(C)C(=O)Nc1cccc(OCc2ccc(F)cc2)c1. The number of nitrogens with two attached hydrogens (primary N) is 1. The number of ether oxygens (including phenoxy) is 1. The van der Waals surface area contributed by atoms with Crippen molar-refractivity contribution in [3.63, 3.8) is 0 Å². The van der Waals surface area contributed by atoms with Crippen LogP contribution in [0.5, 0.6) is 5.75 Å². The zero-order chi connectivity index (χ0) is 16.8. The second kappa shape index (κ2) is 7.74. The molecule has 122 valence electrons. The molecule has 2 aromatic carbocycles. The molecule has 2 aromatic rings. The van der Waals surface area contributed by atoms with Gasteiger partial charge in [0.15, 0.2) is 0 Å². The van der Waals surface area contributed by atoms with Crippen molar-refractivity contribution in [3.05, 3.63) is 59.9 Å². The Bertz CT molecular complexity index is 656. The topological polar surface area (TPSA) is 64.4 Å². The highest BCUT2D eigenvalue weighted by Crippen LogP contribution is 2.19. The van der Waals surface area contributed by atoms with Crippen LogP contribution in [0.2, 0.25) is 0 Å². The zero-order valence-electron chi connectivity index (χ0n) is 13.3. The van der Waals surface area contributed by atoms with Crippen LogP contribution >= 0.6 is 0 Å². The molecule has 0 bridgehead atoms. The van der Waals surface area contributed by atoms with Gasteiger partial charge >= 0.3 is 0 Å². The van der Waals surface area contributed by atoms with Crippen LogP contribution in [-0.2, 0) is 11.4 Å². The average molecular weight is 316 g/mol. The molecule has 4 nitrogen and oxygen atoms in total. The summed E-state index contributed by atoms with van der Waals surface area (Å²) in [5.41, 5.74) is 7.25. The summed E-state index contributed by atoms with van der Waals surface area (Å²) in [6.45, 7) is 3.91. The molecule has 0 saturated heterocycles. The number of carbonyl (C=O) groups is 1. The summed E-state index contributed by atoms with van der Waals surface area (Å²) in [5, 5.41) is 2.82. The van der Waals surface area contributed by atoms with Crippen LogP contribution in [0.25, 0.3) is 0 Å². The molecule has 0 aliphatic carbocycles. The van der Waals surface area contributed by atoms with E-state index in [0.717, 1.165) is 5.56 Å². The Morgan fingerprint density at radius 3 is 2.57 bits per heavy atom. The summed E-state index contributed by atoms with van der Waals surface area (Å²) in [6, 6.07) is 13.0. The number of anilines is 1. The molecule has 0 radical (unpaired) electrons. The Kier molecular flexibility index (Phi) is 5.71. The fraction of sp³-hybridized carbons (Fsp3) is 0.278. The lowest BCUT2D eigenvalue weighted by Crippen LogP contribution is -2.34. The van der Waals surface area contributed by atoms with E-state index < -0.39 is 0 Å². The number of hydrogen-bond acceptors (Lipinski definition) is 3. The highest BCUT2D eigenvalue weighted by Gasteiger charge is 2.17. The molecule has 0 spiro atoms. The molecule has 0 heterocycles. The first-order chi connectivity index (χ1) is 11.0. The molecule has 2 rings (SSSR count).